The molecule has 2 heterocycles. The lowest BCUT2D eigenvalue weighted by atomic mass is 10.0. The number of nitrogens with zero attached hydrogens (tertiary/aromatic N) is 4. The first-order valence-electron chi connectivity index (χ1n) is 6.29. The molecule has 0 fully saturated rings. The molecule has 0 saturated carbocycles. The number of nitrogens with one attached hydrogen (secondary N) is 1. The van der Waals surface area contributed by atoms with E-state index in [1.54, 1.807) is 10.9 Å². The molecule has 0 amide bonds. The standard InChI is InChI=1S/C12H18ClN5S/c1-5-14-10(11-8(13)6-15-18(11)4)12-9(7(2)3)16-17-19-12/h6-7,10,14H,5H2,1-4H3. The Bertz CT molecular complexity index is 529. The first-order chi connectivity index (χ1) is 9.06. The molecule has 0 bridgehead atoms. The lowest BCUT2D eigenvalue weighted by Crippen LogP contribution is -2.25. The summed E-state index contributed by atoms with van der Waals surface area (Å²) in [6, 6.07) is -0.0117. The van der Waals surface area contributed by atoms with Gasteiger partial charge in [0.05, 0.1) is 33.5 Å². The molecule has 2 aromatic rings. The Morgan fingerprint density at radius 2 is 2.21 bits per heavy atom. The van der Waals surface area contributed by atoms with E-state index in [0.717, 1.165) is 22.8 Å². The lowest BCUT2D eigenvalue weighted by Gasteiger charge is -2.19. The highest BCUT2D eigenvalue weighted by Crippen LogP contribution is 2.33. The third-order valence-electron chi connectivity index (χ3n) is 2.97. The molecule has 0 aliphatic carbocycles. The number of rotatable bonds is 5. The van der Waals surface area contributed by atoms with Crippen LogP contribution in [0, 0.1) is 0 Å². The summed E-state index contributed by atoms with van der Waals surface area (Å²) in [4.78, 5) is 1.11. The van der Waals surface area contributed by atoms with Crippen LogP contribution in [-0.2, 0) is 7.05 Å². The summed E-state index contributed by atoms with van der Waals surface area (Å²) < 4.78 is 5.90. The highest BCUT2D eigenvalue weighted by atomic mass is 35.5. The molecule has 1 atom stereocenters. The van der Waals surface area contributed by atoms with E-state index in [1.165, 1.54) is 11.5 Å². The van der Waals surface area contributed by atoms with Crippen LogP contribution in [0.4, 0.5) is 0 Å². The molecule has 5 nitrogen and oxygen atoms in total. The highest BCUT2D eigenvalue weighted by Gasteiger charge is 2.26. The van der Waals surface area contributed by atoms with Crippen molar-refractivity contribution < 1.29 is 0 Å². The largest absolute Gasteiger partial charge is 0.304 e. The van der Waals surface area contributed by atoms with Crippen molar-refractivity contribution in [3.05, 3.63) is 27.5 Å². The Hall–Kier alpha value is -0.980. The Balaban J connectivity index is 2.49. The van der Waals surface area contributed by atoms with E-state index < -0.39 is 0 Å². The quantitative estimate of drug-likeness (QED) is 0.922. The zero-order valence-electron chi connectivity index (χ0n) is 11.5. The van der Waals surface area contributed by atoms with Gasteiger partial charge in [0.1, 0.15) is 0 Å². The molecule has 104 valence electrons. The van der Waals surface area contributed by atoms with Crippen molar-refractivity contribution in [2.45, 2.75) is 32.7 Å². The van der Waals surface area contributed by atoms with Gasteiger partial charge < -0.3 is 5.32 Å². The van der Waals surface area contributed by atoms with Crippen molar-refractivity contribution in [1.29, 1.82) is 0 Å². The van der Waals surface area contributed by atoms with Crippen LogP contribution >= 0.6 is 23.1 Å². The summed E-state index contributed by atoms with van der Waals surface area (Å²) in [6.07, 6.45) is 1.67. The minimum Gasteiger partial charge on any atom is -0.304 e. The molecular formula is C12H18ClN5S. The van der Waals surface area contributed by atoms with Gasteiger partial charge in [-0.3, -0.25) is 4.68 Å². The van der Waals surface area contributed by atoms with Crippen molar-refractivity contribution in [3.8, 4) is 0 Å². The molecule has 1 unspecified atom stereocenters. The summed E-state index contributed by atoms with van der Waals surface area (Å²) in [5.41, 5.74) is 1.98. The van der Waals surface area contributed by atoms with E-state index in [4.69, 9.17) is 11.6 Å². The fraction of sp³-hybridized carbons (Fsp3) is 0.583. The van der Waals surface area contributed by atoms with Crippen molar-refractivity contribution in [2.75, 3.05) is 6.54 Å². The maximum Gasteiger partial charge on any atom is 0.0892 e. The number of aryl methyl sites for hydroxylation is 1. The summed E-state index contributed by atoms with van der Waals surface area (Å²) in [6.45, 7) is 7.14. The van der Waals surface area contributed by atoms with Crippen LogP contribution in [0.3, 0.4) is 0 Å². The SMILES string of the molecule is CCNC(c1snnc1C(C)C)c1c(Cl)cnn1C. The molecule has 0 aliphatic heterocycles. The van der Waals surface area contributed by atoms with E-state index in [9.17, 15) is 0 Å². The van der Waals surface area contributed by atoms with Gasteiger partial charge in [-0.1, -0.05) is 36.9 Å². The van der Waals surface area contributed by atoms with E-state index in [0.29, 0.717) is 10.9 Å². The third kappa shape index (κ3) is 2.80. The smallest absolute Gasteiger partial charge is 0.0892 e. The second-order valence-corrected chi connectivity index (χ2v) is 5.86. The van der Waals surface area contributed by atoms with Gasteiger partial charge in [0, 0.05) is 7.05 Å². The molecule has 7 heteroatoms. The van der Waals surface area contributed by atoms with Crippen molar-refractivity contribution in [3.63, 3.8) is 0 Å². The molecule has 0 aromatic carbocycles. The highest BCUT2D eigenvalue weighted by molar-refractivity contribution is 7.05. The number of hydrogen-bond acceptors (Lipinski definition) is 5. The fourth-order valence-electron chi connectivity index (χ4n) is 2.07. The first kappa shape index (κ1) is 14.4. The van der Waals surface area contributed by atoms with Gasteiger partial charge in [0.15, 0.2) is 0 Å². The molecule has 19 heavy (non-hydrogen) atoms. The van der Waals surface area contributed by atoms with Crippen LogP contribution in [0.5, 0.6) is 0 Å². The maximum absolute atomic E-state index is 6.26. The molecule has 0 radical (unpaired) electrons. The van der Waals surface area contributed by atoms with Gasteiger partial charge in [0.2, 0.25) is 0 Å². The zero-order valence-corrected chi connectivity index (χ0v) is 13.1. The van der Waals surface area contributed by atoms with Crippen LogP contribution < -0.4 is 5.32 Å². The zero-order chi connectivity index (χ0) is 14.0. The maximum atomic E-state index is 6.26. The molecule has 0 spiro atoms. The minimum atomic E-state index is -0.0117. The van der Waals surface area contributed by atoms with E-state index in [-0.39, 0.29) is 6.04 Å². The Kier molecular flexibility index (Phi) is 4.54. The van der Waals surface area contributed by atoms with E-state index in [1.807, 2.05) is 7.05 Å². The van der Waals surface area contributed by atoms with Gasteiger partial charge >= 0.3 is 0 Å². The monoisotopic (exact) mass is 299 g/mol. The second-order valence-electron chi connectivity index (χ2n) is 4.67. The molecule has 2 rings (SSSR count). The predicted molar refractivity (Wildman–Crippen MR) is 77.7 cm³/mol. The van der Waals surface area contributed by atoms with Crippen LogP contribution in [-0.4, -0.2) is 25.9 Å². The first-order valence-corrected chi connectivity index (χ1v) is 7.44. The average molecular weight is 300 g/mol. The predicted octanol–water partition coefficient (Wildman–Crippen LogP) is 2.75. The Morgan fingerprint density at radius 3 is 2.74 bits per heavy atom. The number of halogens is 1. The minimum absolute atomic E-state index is 0.0117. The normalized spacial score (nSPS) is 13.2. The van der Waals surface area contributed by atoms with Crippen LogP contribution in [0.25, 0.3) is 0 Å². The molecule has 1 N–H and O–H groups in total. The summed E-state index contributed by atoms with van der Waals surface area (Å²) >= 11 is 7.68. The van der Waals surface area contributed by atoms with Crippen molar-refractivity contribution >= 4 is 23.1 Å². The van der Waals surface area contributed by atoms with E-state index >= 15 is 0 Å². The fourth-order valence-corrected chi connectivity index (χ4v) is 3.23. The van der Waals surface area contributed by atoms with Crippen LogP contribution in [0.15, 0.2) is 6.20 Å². The summed E-state index contributed by atoms with van der Waals surface area (Å²) in [5, 5.41) is 12.6. The summed E-state index contributed by atoms with van der Waals surface area (Å²) in [5.74, 6) is 0.335. The molecule has 0 aliphatic rings. The van der Waals surface area contributed by atoms with Crippen molar-refractivity contribution in [2.24, 2.45) is 7.05 Å². The third-order valence-corrected chi connectivity index (χ3v) is 4.06. The van der Waals surface area contributed by atoms with Crippen molar-refractivity contribution in [1.82, 2.24) is 24.7 Å². The molecule has 2 aromatic heterocycles. The van der Waals surface area contributed by atoms with Gasteiger partial charge in [-0.2, -0.15) is 5.10 Å². The molecule has 0 saturated heterocycles. The Morgan fingerprint density at radius 1 is 1.47 bits per heavy atom. The van der Waals surface area contributed by atoms with Gasteiger partial charge in [0.25, 0.3) is 0 Å². The Labute approximate surface area is 122 Å². The van der Waals surface area contributed by atoms with Crippen LogP contribution in [0.2, 0.25) is 5.02 Å². The van der Waals surface area contributed by atoms with Gasteiger partial charge in [-0.15, -0.1) is 5.10 Å². The number of aromatic nitrogens is 4. The van der Waals surface area contributed by atoms with E-state index in [2.05, 4.69) is 40.8 Å². The molecular weight excluding hydrogens is 282 g/mol. The average Bonchev–Trinajstić information content (AvgIpc) is 2.95. The van der Waals surface area contributed by atoms with Crippen LogP contribution in [0.1, 0.15) is 49.0 Å². The number of hydrogen-bond donors (Lipinski definition) is 1. The second kappa shape index (κ2) is 5.98. The van der Waals surface area contributed by atoms with Gasteiger partial charge in [-0.25, -0.2) is 0 Å². The lowest BCUT2D eigenvalue weighted by molar-refractivity contribution is 0.571. The summed E-state index contributed by atoms with van der Waals surface area (Å²) in [7, 11) is 1.90. The topological polar surface area (TPSA) is 55.6 Å². The van der Waals surface area contributed by atoms with Gasteiger partial charge in [-0.05, 0) is 24.0 Å².